The SMILES string of the molecule is COCC1(CN)CC2C(C1)C1CS(=O)(=O)CC21. The van der Waals surface area contributed by atoms with Crippen LogP contribution >= 0.6 is 0 Å². The Morgan fingerprint density at radius 2 is 1.71 bits per heavy atom. The van der Waals surface area contributed by atoms with E-state index in [1.54, 1.807) is 7.11 Å². The highest BCUT2D eigenvalue weighted by molar-refractivity contribution is 7.91. The largest absolute Gasteiger partial charge is 0.384 e. The molecule has 98 valence electrons. The van der Waals surface area contributed by atoms with Gasteiger partial charge in [-0.25, -0.2) is 8.42 Å². The molecule has 5 heteroatoms. The van der Waals surface area contributed by atoms with Gasteiger partial charge in [0.05, 0.1) is 18.1 Å². The van der Waals surface area contributed by atoms with Crippen molar-refractivity contribution >= 4 is 9.84 Å². The van der Waals surface area contributed by atoms with Crippen molar-refractivity contribution in [2.24, 2.45) is 34.8 Å². The van der Waals surface area contributed by atoms with Crippen molar-refractivity contribution in [1.82, 2.24) is 0 Å². The summed E-state index contributed by atoms with van der Waals surface area (Å²) in [5.74, 6) is 2.89. The molecule has 2 N–H and O–H groups in total. The molecule has 0 aromatic heterocycles. The Kier molecular flexibility index (Phi) is 2.58. The van der Waals surface area contributed by atoms with Gasteiger partial charge in [0.15, 0.2) is 9.84 Å². The average molecular weight is 259 g/mol. The summed E-state index contributed by atoms with van der Waals surface area (Å²) in [6, 6.07) is 0. The van der Waals surface area contributed by atoms with E-state index in [0.717, 1.165) is 19.4 Å². The van der Waals surface area contributed by atoms with E-state index in [1.165, 1.54) is 0 Å². The van der Waals surface area contributed by atoms with Crippen LogP contribution in [0.25, 0.3) is 0 Å². The molecule has 0 spiro atoms. The number of rotatable bonds is 3. The van der Waals surface area contributed by atoms with Crippen molar-refractivity contribution < 1.29 is 13.2 Å². The van der Waals surface area contributed by atoms with E-state index in [0.29, 0.717) is 41.7 Å². The van der Waals surface area contributed by atoms with Crippen molar-refractivity contribution in [1.29, 1.82) is 0 Å². The third-order valence-electron chi connectivity index (χ3n) is 5.31. The lowest BCUT2D eigenvalue weighted by atomic mass is 9.60. The van der Waals surface area contributed by atoms with Crippen LogP contribution in [0.5, 0.6) is 0 Å². The van der Waals surface area contributed by atoms with Crippen LogP contribution in [0.2, 0.25) is 0 Å². The van der Waals surface area contributed by atoms with E-state index in [4.69, 9.17) is 10.5 Å². The molecule has 4 nitrogen and oxygen atoms in total. The zero-order chi connectivity index (χ0) is 12.3. The third-order valence-corrected chi connectivity index (χ3v) is 7.10. The van der Waals surface area contributed by atoms with Gasteiger partial charge in [-0.3, -0.25) is 0 Å². The van der Waals surface area contributed by atoms with Crippen LogP contribution in [-0.2, 0) is 14.6 Å². The predicted molar refractivity (Wildman–Crippen MR) is 65.2 cm³/mol. The number of hydrogen-bond acceptors (Lipinski definition) is 4. The van der Waals surface area contributed by atoms with Gasteiger partial charge in [0, 0.05) is 19.1 Å². The molecule has 3 rings (SSSR count). The van der Waals surface area contributed by atoms with Crippen LogP contribution in [0.4, 0.5) is 0 Å². The molecule has 0 aromatic rings. The number of fused-ring (bicyclic) bond motifs is 4. The molecule has 2 aliphatic carbocycles. The van der Waals surface area contributed by atoms with Crippen LogP contribution in [0, 0.1) is 29.1 Å². The van der Waals surface area contributed by atoms with Gasteiger partial charge in [0.1, 0.15) is 0 Å². The van der Waals surface area contributed by atoms with Gasteiger partial charge in [-0.1, -0.05) is 0 Å². The first-order valence-electron chi connectivity index (χ1n) is 6.40. The van der Waals surface area contributed by atoms with E-state index in [9.17, 15) is 8.42 Å². The minimum absolute atomic E-state index is 0.123. The smallest absolute Gasteiger partial charge is 0.150 e. The Morgan fingerprint density at radius 3 is 2.12 bits per heavy atom. The number of nitrogens with two attached hydrogens (primary N) is 1. The lowest BCUT2D eigenvalue weighted by Crippen LogP contribution is -2.42. The summed E-state index contributed by atoms with van der Waals surface area (Å²) in [5, 5.41) is 0. The maximum absolute atomic E-state index is 11.6. The van der Waals surface area contributed by atoms with Gasteiger partial charge in [-0.15, -0.1) is 0 Å². The van der Waals surface area contributed by atoms with Crippen molar-refractivity contribution in [2.75, 3.05) is 31.8 Å². The Morgan fingerprint density at radius 1 is 1.18 bits per heavy atom. The molecule has 1 aliphatic heterocycles. The molecule has 17 heavy (non-hydrogen) atoms. The standard InChI is InChI=1S/C12H21NO3S/c1-16-7-12(6-13)2-8-9(3-12)11-5-17(14,15)4-10(8)11/h8-11H,2-7,13H2,1H3. The number of ether oxygens (including phenoxy) is 1. The van der Waals surface area contributed by atoms with Gasteiger partial charge in [-0.2, -0.15) is 0 Å². The molecule has 0 bridgehead atoms. The third kappa shape index (κ3) is 1.66. The maximum atomic E-state index is 11.6. The molecule has 0 radical (unpaired) electrons. The van der Waals surface area contributed by atoms with Crippen LogP contribution in [0.1, 0.15) is 12.8 Å². The molecule has 1 heterocycles. The summed E-state index contributed by atoms with van der Waals surface area (Å²) < 4.78 is 28.6. The van der Waals surface area contributed by atoms with Gasteiger partial charge in [0.25, 0.3) is 0 Å². The highest BCUT2D eigenvalue weighted by Gasteiger charge is 2.63. The highest BCUT2D eigenvalue weighted by atomic mass is 32.2. The number of hydrogen-bond donors (Lipinski definition) is 1. The molecule has 0 amide bonds. The second kappa shape index (κ2) is 3.68. The Labute approximate surface area is 103 Å². The van der Waals surface area contributed by atoms with Crippen molar-refractivity contribution in [3.8, 4) is 0 Å². The molecule has 4 unspecified atom stereocenters. The van der Waals surface area contributed by atoms with Gasteiger partial charge in [0.2, 0.25) is 0 Å². The molecule has 3 fully saturated rings. The first-order chi connectivity index (χ1) is 8.00. The van der Waals surface area contributed by atoms with Crippen LogP contribution < -0.4 is 5.73 Å². The summed E-state index contributed by atoms with van der Waals surface area (Å²) in [6.07, 6.45) is 2.14. The summed E-state index contributed by atoms with van der Waals surface area (Å²) >= 11 is 0. The maximum Gasteiger partial charge on any atom is 0.150 e. The summed E-state index contributed by atoms with van der Waals surface area (Å²) in [5.41, 5.74) is 6.04. The highest BCUT2D eigenvalue weighted by Crippen LogP contribution is 2.63. The Bertz CT molecular complexity index is 393. The van der Waals surface area contributed by atoms with Crippen LogP contribution in [0.15, 0.2) is 0 Å². The van der Waals surface area contributed by atoms with Crippen molar-refractivity contribution in [3.05, 3.63) is 0 Å². The van der Waals surface area contributed by atoms with E-state index >= 15 is 0 Å². The first kappa shape index (κ1) is 11.9. The number of methoxy groups -OCH3 is 1. The van der Waals surface area contributed by atoms with Crippen molar-refractivity contribution in [2.45, 2.75) is 12.8 Å². The normalized spacial score (nSPS) is 50.7. The molecule has 2 saturated carbocycles. The quantitative estimate of drug-likeness (QED) is 0.790. The second-order valence-corrected chi connectivity index (χ2v) is 8.43. The average Bonchev–Trinajstić information content (AvgIpc) is 2.74. The fraction of sp³-hybridized carbons (Fsp3) is 1.00. The predicted octanol–water partition coefficient (Wildman–Crippen LogP) is 0.279. The van der Waals surface area contributed by atoms with Gasteiger partial charge >= 0.3 is 0 Å². The molecule has 1 saturated heterocycles. The van der Waals surface area contributed by atoms with Crippen LogP contribution in [-0.4, -0.2) is 40.2 Å². The fourth-order valence-corrected chi connectivity index (χ4v) is 6.91. The lowest BCUT2D eigenvalue weighted by Gasteiger charge is -2.44. The zero-order valence-corrected chi connectivity index (χ0v) is 11.1. The fourth-order valence-electron chi connectivity index (χ4n) is 4.61. The molecule has 0 aromatic carbocycles. The Hall–Kier alpha value is -0.130. The summed E-state index contributed by atoms with van der Waals surface area (Å²) in [6.45, 7) is 1.39. The minimum Gasteiger partial charge on any atom is -0.384 e. The zero-order valence-electron chi connectivity index (χ0n) is 10.3. The van der Waals surface area contributed by atoms with E-state index in [-0.39, 0.29) is 5.41 Å². The van der Waals surface area contributed by atoms with Crippen LogP contribution in [0.3, 0.4) is 0 Å². The lowest BCUT2D eigenvalue weighted by molar-refractivity contribution is 0.0462. The molecular formula is C12H21NO3S. The molecule has 4 atom stereocenters. The van der Waals surface area contributed by atoms with E-state index in [1.807, 2.05) is 0 Å². The summed E-state index contributed by atoms with van der Waals surface area (Å²) in [7, 11) is -1.02. The van der Waals surface area contributed by atoms with Crippen molar-refractivity contribution in [3.63, 3.8) is 0 Å². The van der Waals surface area contributed by atoms with Gasteiger partial charge < -0.3 is 10.5 Å². The Balaban J connectivity index is 1.76. The second-order valence-electron chi connectivity index (χ2n) is 6.28. The van der Waals surface area contributed by atoms with E-state index < -0.39 is 9.84 Å². The minimum atomic E-state index is -2.74. The molecular weight excluding hydrogens is 238 g/mol. The summed E-state index contributed by atoms with van der Waals surface area (Å²) in [4.78, 5) is 0. The van der Waals surface area contributed by atoms with Gasteiger partial charge in [-0.05, 0) is 36.5 Å². The molecule has 3 aliphatic rings. The number of sulfone groups is 1. The topological polar surface area (TPSA) is 69.4 Å². The monoisotopic (exact) mass is 259 g/mol. The van der Waals surface area contributed by atoms with E-state index in [2.05, 4.69) is 0 Å². The first-order valence-corrected chi connectivity index (χ1v) is 8.22.